The molecule has 0 bridgehead atoms. The van der Waals surface area contributed by atoms with Gasteiger partial charge in [0.15, 0.2) is 0 Å². The second-order valence-electron chi connectivity index (χ2n) is 4.65. The van der Waals surface area contributed by atoms with E-state index in [1.807, 2.05) is 16.7 Å². The Bertz CT molecular complexity index is 473. The van der Waals surface area contributed by atoms with E-state index in [0.717, 1.165) is 37.7 Å². The fourth-order valence-electron chi connectivity index (χ4n) is 2.34. The zero-order chi connectivity index (χ0) is 11.7. The molecular formula is C12H17N5. The van der Waals surface area contributed by atoms with Crippen LogP contribution in [0.15, 0.2) is 24.7 Å². The van der Waals surface area contributed by atoms with Crippen molar-refractivity contribution < 1.29 is 0 Å². The SMILES string of the molecule is CC1CN(Cc2cn3cccnc3n2)CCN1. The maximum absolute atomic E-state index is 4.52. The van der Waals surface area contributed by atoms with Gasteiger partial charge in [-0.05, 0) is 13.0 Å². The summed E-state index contributed by atoms with van der Waals surface area (Å²) in [7, 11) is 0. The van der Waals surface area contributed by atoms with E-state index < -0.39 is 0 Å². The van der Waals surface area contributed by atoms with Crippen molar-refractivity contribution in [2.24, 2.45) is 0 Å². The zero-order valence-corrected chi connectivity index (χ0v) is 10.0. The van der Waals surface area contributed by atoms with Gasteiger partial charge in [-0.1, -0.05) is 0 Å². The fourth-order valence-corrected chi connectivity index (χ4v) is 2.34. The summed E-state index contributed by atoms with van der Waals surface area (Å²) in [6, 6.07) is 2.49. The van der Waals surface area contributed by atoms with E-state index in [4.69, 9.17) is 0 Å². The lowest BCUT2D eigenvalue weighted by molar-refractivity contribution is 0.198. The average Bonchev–Trinajstić information content (AvgIpc) is 2.71. The first-order valence-corrected chi connectivity index (χ1v) is 6.05. The molecule has 2 aromatic rings. The Kier molecular flexibility index (Phi) is 2.78. The minimum absolute atomic E-state index is 0.568. The van der Waals surface area contributed by atoms with Gasteiger partial charge in [-0.15, -0.1) is 0 Å². The Labute approximate surface area is 100 Å². The summed E-state index contributed by atoms with van der Waals surface area (Å²) in [6.45, 7) is 6.37. The van der Waals surface area contributed by atoms with Crippen LogP contribution in [0.2, 0.25) is 0 Å². The first-order valence-electron chi connectivity index (χ1n) is 6.05. The van der Waals surface area contributed by atoms with Crippen molar-refractivity contribution >= 4 is 5.78 Å². The normalized spacial score (nSPS) is 22.1. The summed E-state index contributed by atoms with van der Waals surface area (Å²) in [5.74, 6) is 0.783. The molecule has 5 nitrogen and oxygen atoms in total. The summed E-state index contributed by atoms with van der Waals surface area (Å²) >= 11 is 0. The van der Waals surface area contributed by atoms with Gasteiger partial charge in [0, 0.05) is 50.8 Å². The van der Waals surface area contributed by atoms with Crippen molar-refractivity contribution in [3.05, 3.63) is 30.4 Å². The van der Waals surface area contributed by atoms with Gasteiger partial charge in [0.1, 0.15) is 0 Å². The first kappa shape index (κ1) is 10.7. The van der Waals surface area contributed by atoms with Gasteiger partial charge in [-0.3, -0.25) is 9.30 Å². The first-order chi connectivity index (χ1) is 8.31. The lowest BCUT2D eigenvalue weighted by atomic mass is 10.2. The predicted octanol–water partition coefficient (Wildman–Crippen LogP) is 0.523. The quantitative estimate of drug-likeness (QED) is 0.818. The molecule has 1 fully saturated rings. The molecule has 3 heterocycles. The number of hydrogen-bond acceptors (Lipinski definition) is 4. The van der Waals surface area contributed by atoms with Crippen molar-refractivity contribution in [3.63, 3.8) is 0 Å². The molecule has 90 valence electrons. The van der Waals surface area contributed by atoms with E-state index in [0.29, 0.717) is 6.04 Å². The van der Waals surface area contributed by atoms with Crippen molar-refractivity contribution in [1.29, 1.82) is 0 Å². The molecule has 2 aromatic heterocycles. The third kappa shape index (κ3) is 2.30. The highest BCUT2D eigenvalue weighted by molar-refractivity contribution is 5.29. The summed E-state index contributed by atoms with van der Waals surface area (Å²) in [4.78, 5) is 11.2. The number of fused-ring (bicyclic) bond motifs is 1. The van der Waals surface area contributed by atoms with Crippen molar-refractivity contribution in [1.82, 2.24) is 24.6 Å². The molecule has 0 radical (unpaired) electrons. The van der Waals surface area contributed by atoms with Crippen LogP contribution in [0.4, 0.5) is 0 Å². The van der Waals surface area contributed by atoms with Gasteiger partial charge in [0.25, 0.3) is 0 Å². The molecule has 1 saturated heterocycles. The Morgan fingerprint density at radius 2 is 2.47 bits per heavy atom. The maximum Gasteiger partial charge on any atom is 0.233 e. The predicted molar refractivity (Wildman–Crippen MR) is 65.7 cm³/mol. The molecule has 3 rings (SSSR count). The van der Waals surface area contributed by atoms with Gasteiger partial charge in [-0.25, -0.2) is 9.97 Å². The number of imidazole rings is 1. The smallest absolute Gasteiger partial charge is 0.233 e. The molecule has 0 aliphatic carbocycles. The van der Waals surface area contributed by atoms with Crippen molar-refractivity contribution in [3.8, 4) is 0 Å². The van der Waals surface area contributed by atoms with Crippen LogP contribution in [-0.4, -0.2) is 44.9 Å². The number of hydrogen-bond donors (Lipinski definition) is 1. The molecule has 0 saturated carbocycles. The molecule has 1 aliphatic rings. The maximum atomic E-state index is 4.52. The lowest BCUT2D eigenvalue weighted by Gasteiger charge is -2.31. The largest absolute Gasteiger partial charge is 0.312 e. The molecule has 0 aromatic carbocycles. The summed E-state index contributed by atoms with van der Waals surface area (Å²) in [6.07, 6.45) is 5.83. The van der Waals surface area contributed by atoms with Crippen LogP contribution in [0, 0.1) is 0 Å². The highest BCUT2D eigenvalue weighted by Gasteiger charge is 2.16. The summed E-state index contributed by atoms with van der Waals surface area (Å²) in [5, 5.41) is 3.44. The van der Waals surface area contributed by atoms with Crippen LogP contribution >= 0.6 is 0 Å². The second-order valence-corrected chi connectivity index (χ2v) is 4.65. The molecule has 17 heavy (non-hydrogen) atoms. The van der Waals surface area contributed by atoms with Crippen LogP contribution in [0.25, 0.3) is 5.78 Å². The van der Waals surface area contributed by atoms with E-state index >= 15 is 0 Å². The summed E-state index contributed by atoms with van der Waals surface area (Å²) in [5.41, 5.74) is 1.10. The molecule has 1 aliphatic heterocycles. The van der Waals surface area contributed by atoms with E-state index in [1.54, 1.807) is 6.20 Å². The van der Waals surface area contributed by atoms with E-state index in [-0.39, 0.29) is 0 Å². The Morgan fingerprint density at radius 1 is 1.53 bits per heavy atom. The van der Waals surface area contributed by atoms with Crippen LogP contribution < -0.4 is 5.32 Å². The lowest BCUT2D eigenvalue weighted by Crippen LogP contribution is -2.48. The Morgan fingerprint density at radius 3 is 3.29 bits per heavy atom. The van der Waals surface area contributed by atoms with Crippen LogP contribution in [0.3, 0.4) is 0 Å². The Balaban J connectivity index is 1.75. The monoisotopic (exact) mass is 231 g/mol. The van der Waals surface area contributed by atoms with Gasteiger partial charge in [0.05, 0.1) is 5.69 Å². The zero-order valence-electron chi connectivity index (χ0n) is 10.0. The van der Waals surface area contributed by atoms with Crippen LogP contribution in [0.5, 0.6) is 0 Å². The minimum atomic E-state index is 0.568. The number of rotatable bonds is 2. The standard InChI is InChI=1S/C12H17N5/c1-10-7-16(6-4-13-10)8-11-9-17-5-2-3-14-12(17)15-11/h2-3,5,9-10,13H,4,6-8H2,1H3. The van der Waals surface area contributed by atoms with E-state index in [1.165, 1.54) is 0 Å². The van der Waals surface area contributed by atoms with Crippen LogP contribution in [-0.2, 0) is 6.54 Å². The molecule has 5 heteroatoms. The average molecular weight is 231 g/mol. The number of nitrogens with one attached hydrogen (secondary N) is 1. The number of aromatic nitrogens is 3. The number of nitrogens with zero attached hydrogens (tertiary/aromatic N) is 4. The van der Waals surface area contributed by atoms with Gasteiger partial charge >= 0.3 is 0 Å². The van der Waals surface area contributed by atoms with Crippen molar-refractivity contribution in [2.45, 2.75) is 19.5 Å². The molecule has 1 unspecified atom stereocenters. The highest BCUT2D eigenvalue weighted by atomic mass is 15.2. The molecule has 0 amide bonds. The number of piperazine rings is 1. The fraction of sp³-hybridized carbons (Fsp3) is 0.500. The van der Waals surface area contributed by atoms with Gasteiger partial charge < -0.3 is 5.32 Å². The van der Waals surface area contributed by atoms with E-state index in [2.05, 4.69) is 33.3 Å². The third-order valence-electron chi connectivity index (χ3n) is 3.12. The molecule has 1 atom stereocenters. The topological polar surface area (TPSA) is 45.5 Å². The van der Waals surface area contributed by atoms with Crippen molar-refractivity contribution in [2.75, 3.05) is 19.6 Å². The summed E-state index contributed by atoms with van der Waals surface area (Å²) < 4.78 is 1.97. The second kappa shape index (κ2) is 4.43. The molecule has 0 spiro atoms. The molecular weight excluding hydrogens is 214 g/mol. The molecule has 1 N–H and O–H groups in total. The van der Waals surface area contributed by atoms with Gasteiger partial charge in [0.2, 0.25) is 5.78 Å². The van der Waals surface area contributed by atoms with Gasteiger partial charge in [-0.2, -0.15) is 0 Å². The Hall–Kier alpha value is -1.46. The van der Waals surface area contributed by atoms with Crippen LogP contribution in [0.1, 0.15) is 12.6 Å². The third-order valence-corrected chi connectivity index (χ3v) is 3.12. The minimum Gasteiger partial charge on any atom is -0.312 e. The highest BCUT2D eigenvalue weighted by Crippen LogP contribution is 2.07. The van der Waals surface area contributed by atoms with E-state index in [9.17, 15) is 0 Å².